The van der Waals surface area contributed by atoms with Gasteiger partial charge in [-0.1, -0.05) is 15.9 Å². The van der Waals surface area contributed by atoms with Crippen molar-refractivity contribution in [1.82, 2.24) is 0 Å². The van der Waals surface area contributed by atoms with E-state index in [1.807, 2.05) is 18.2 Å². The second kappa shape index (κ2) is 4.54. The molecular formula is C15H15BrO2. The molecule has 1 unspecified atom stereocenters. The number of Topliss-reactive ketones (excluding diaryl/α,β-unsaturated/α-hetero) is 1. The van der Waals surface area contributed by atoms with E-state index in [0.717, 1.165) is 40.6 Å². The fourth-order valence-corrected chi connectivity index (χ4v) is 3.23. The summed E-state index contributed by atoms with van der Waals surface area (Å²) < 4.78 is 6.55. The topological polar surface area (TPSA) is 26.3 Å². The Morgan fingerprint density at radius 1 is 1.39 bits per heavy atom. The molecule has 1 fully saturated rings. The van der Waals surface area contributed by atoms with E-state index in [-0.39, 0.29) is 11.7 Å². The summed E-state index contributed by atoms with van der Waals surface area (Å²) in [5, 5.41) is 0. The zero-order valence-electron chi connectivity index (χ0n) is 10.3. The van der Waals surface area contributed by atoms with E-state index >= 15 is 0 Å². The molecule has 1 saturated carbocycles. The first-order chi connectivity index (χ1) is 8.70. The van der Waals surface area contributed by atoms with Crippen LogP contribution in [0.2, 0.25) is 0 Å². The highest BCUT2D eigenvalue weighted by molar-refractivity contribution is 9.10. The van der Waals surface area contributed by atoms with Crippen LogP contribution in [0.25, 0.3) is 0 Å². The molecule has 0 aliphatic heterocycles. The van der Waals surface area contributed by atoms with Gasteiger partial charge in [0.1, 0.15) is 5.76 Å². The molecule has 0 N–H and O–H groups in total. The summed E-state index contributed by atoms with van der Waals surface area (Å²) >= 11 is 3.46. The smallest absolute Gasteiger partial charge is 0.174 e. The zero-order valence-corrected chi connectivity index (χ0v) is 11.9. The van der Waals surface area contributed by atoms with E-state index in [0.29, 0.717) is 0 Å². The minimum Gasteiger partial charge on any atom is -0.500 e. The Labute approximate surface area is 115 Å². The van der Waals surface area contributed by atoms with Crippen molar-refractivity contribution in [3.05, 3.63) is 45.1 Å². The quantitative estimate of drug-likeness (QED) is 0.775. The molecule has 0 spiro atoms. The van der Waals surface area contributed by atoms with Crippen LogP contribution in [-0.2, 0) is 11.2 Å². The average Bonchev–Trinajstić information content (AvgIpc) is 2.60. The van der Waals surface area contributed by atoms with Crippen molar-refractivity contribution in [3.8, 4) is 0 Å². The molecular weight excluding hydrogens is 292 g/mol. The Kier molecular flexibility index (Phi) is 3.02. The fourth-order valence-electron chi connectivity index (χ4n) is 2.82. The Bertz CT molecular complexity index is 539. The van der Waals surface area contributed by atoms with Crippen LogP contribution in [0, 0.1) is 5.92 Å². The summed E-state index contributed by atoms with van der Waals surface area (Å²) in [6.07, 6.45) is 4.18. The predicted molar refractivity (Wildman–Crippen MR) is 73.6 cm³/mol. The van der Waals surface area contributed by atoms with Crippen LogP contribution in [0.4, 0.5) is 0 Å². The number of ether oxygens (including phenoxy) is 1. The Hall–Kier alpha value is -1.09. The highest BCUT2D eigenvalue weighted by atomic mass is 79.9. The molecule has 94 valence electrons. The number of hydrogen-bond acceptors (Lipinski definition) is 2. The maximum Gasteiger partial charge on any atom is 0.174 e. The lowest BCUT2D eigenvalue weighted by Gasteiger charge is -2.24. The molecule has 0 radical (unpaired) electrons. The molecule has 1 atom stereocenters. The van der Waals surface area contributed by atoms with Crippen LogP contribution in [-0.4, -0.2) is 12.9 Å². The Morgan fingerprint density at radius 2 is 2.17 bits per heavy atom. The van der Waals surface area contributed by atoms with Gasteiger partial charge in [-0.05, 0) is 55.0 Å². The third-order valence-corrected chi connectivity index (χ3v) is 4.41. The van der Waals surface area contributed by atoms with Gasteiger partial charge in [-0.2, -0.15) is 0 Å². The van der Waals surface area contributed by atoms with E-state index in [1.165, 1.54) is 12.0 Å². The van der Waals surface area contributed by atoms with Crippen LogP contribution in [0.1, 0.15) is 35.2 Å². The molecule has 1 aromatic carbocycles. The van der Waals surface area contributed by atoms with Crippen molar-refractivity contribution >= 4 is 21.7 Å². The lowest BCUT2D eigenvalue weighted by atomic mass is 9.86. The van der Waals surface area contributed by atoms with E-state index in [4.69, 9.17) is 4.74 Å². The Balaban J connectivity index is 1.96. The van der Waals surface area contributed by atoms with Gasteiger partial charge in [0, 0.05) is 10.0 Å². The number of benzene rings is 1. The summed E-state index contributed by atoms with van der Waals surface area (Å²) in [5.74, 6) is 1.06. The van der Waals surface area contributed by atoms with E-state index in [1.54, 1.807) is 7.11 Å². The summed E-state index contributed by atoms with van der Waals surface area (Å²) in [7, 11) is 1.69. The molecule has 3 heteroatoms. The molecule has 0 amide bonds. The second-order valence-corrected chi connectivity index (χ2v) is 5.86. The first-order valence-corrected chi connectivity index (χ1v) is 7.08. The number of carbonyl (C=O) groups excluding carboxylic acids is 1. The van der Waals surface area contributed by atoms with Crippen LogP contribution in [0.15, 0.2) is 34.0 Å². The van der Waals surface area contributed by atoms with Crippen molar-refractivity contribution in [2.75, 3.05) is 7.11 Å². The monoisotopic (exact) mass is 306 g/mol. The number of allylic oxidation sites excluding steroid dienone is 2. The number of ketones is 1. The van der Waals surface area contributed by atoms with Crippen LogP contribution in [0.3, 0.4) is 0 Å². The Morgan fingerprint density at radius 3 is 2.78 bits per heavy atom. The van der Waals surface area contributed by atoms with Crippen molar-refractivity contribution in [1.29, 1.82) is 0 Å². The highest BCUT2D eigenvalue weighted by Gasteiger charge is 2.36. The average molecular weight is 307 g/mol. The fraction of sp³-hybridized carbons (Fsp3) is 0.400. The van der Waals surface area contributed by atoms with Crippen molar-refractivity contribution in [2.45, 2.75) is 25.7 Å². The number of carbonyl (C=O) groups is 1. The summed E-state index contributed by atoms with van der Waals surface area (Å²) in [6.45, 7) is 0. The molecule has 2 nitrogen and oxygen atoms in total. The number of rotatable bonds is 2. The molecule has 0 aromatic heterocycles. The molecule has 3 rings (SSSR count). The molecule has 2 aliphatic carbocycles. The standard InChI is InChI=1S/C15H15BrO2/c1-18-15(9-3-2-4-9)13-8-10-7-11(16)5-6-12(10)14(13)17/h5-7,13H,2-4,8H2,1H3. The minimum absolute atomic E-state index is 0.0883. The van der Waals surface area contributed by atoms with Gasteiger partial charge in [0.2, 0.25) is 0 Å². The predicted octanol–water partition coefficient (Wildman–Crippen LogP) is 3.89. The van der Waals surface area contributed by atoms with Crippen molar-refractivity contribution in [3.63, 3.8) is 0 Å². The van der Waals surface area contributed by atoms with Crippen LogP contribution in [0.5, 0.6) is 0 Å². The number of fused-ring (bicyclic) bond motifs is 1. The van der Waals surface area contributed by atoms with Gasteiger partial charge in [-0.25, -0.2) is 0 Å². The highest BCUT2D eigenvalue weighted by Crippen LogP contribution is 2.39. The largest absolute Gasteiger partial charge is 0.500 e. The summed E-state index contributed by atoms with van der Waals surface area (Å²) in [4.78, 5) is 12.4. The van der Waals surface area contributed by atoms with Gasteiger partial charge < -0.3 is 4.74 Å². The second-order valence-electron chi connectivity index (χ2n) is 4.95. The minimum atomic E-state index is -0.0883. The third-order valence-electron chi connectivity index (χ3n) is 3.92. The first-order valence-electron chi connectivity index (χ1n) is 6.29. The molecule has 1 aromatic rings. The molecule has 0 saturated heterocycles. The first kappa shape index (κ1) is 12.0. The van der Waals surface area contributed by atoms with Crippen LogP contribution >= 0.6 is 15.9 Å². The third kappa shape index (κ3) is 1.81. The SMILES string of the molecule is COC(=C1CCC1)C1Cc2cc(Br)ccc2C1=O. The maximum atomic E-state index is 12.4. The van der Waals surface area contributed by atoms with Crippen LogP contribution < -0.4 is 0 Å². The molecule has 0 heterocycles. The normalized spacial score (nSPS) is 21.6. The lowest BCUT2D eigenvalue weighted by Crippen LogP contribution is -2.18. The molecule has 0 bridgehead atoms. The van der Waals surface area contributed by atoms with Crippen molar-refractivity contribution in [2.24, 2.45) is 5.92 Å². The molecule has 18 heavy (non-hydrogen) atoms. The van der Waals surface area contributed by atoms with Gasteiger partial charge in [0.05, 0.1) is 13.0 Å². The van der Waals surface area contributed by atoms with E-state index < -0.39 is 0 Å². The summed E-state index contributed by atoms with van der Waals surface area (Å²) in [5.41, 5.74) is 3.33. The number of hydrogen-bond donors (Lipinski definition) is 0. The zero-order chi connectivity index (χ0) is 12.7. The van der Waals surface area contributed by atoms with Gasteiger partial charge >= 0.3 is 0 Å². The maximum absolute atomic E-state index is 12.4. The van der Waals surface area contributed by atoms with E-state index in [9.17, 15) is 4.79 Å². The number of halogens is 1. The number of methoxy groups -OCH3 is 1. The molecule has 2 aliphatic rings. The summed E-state index contributed by atoms with van der Waals surface area (Å²) in [6, 6.07) is 5.90. The van der Waals surface area contributed by atoms with Gasteiger partial charge in [-0.3, -0.25) is 4.79 Å². The van der Waals surface area contributed by atoms with E-state index in [2.05, 4.69) is 15.9 Å². The lowest BCUT2D eigenvalue weighted by molar-refractivity contribution is 0.0911. The van der Waals surface area contributed by atoms with Gasteiger partial charge in [0.25, 0.3) is 0 Å². The van der Waals surface area contributed by atoms with Gasteiger partial charge in [0.15, 0.2) is 5.78 Å². The van der Waals surface area contributed by atoms with Gasteiger partial charge in [-0.15, -0.1) is 0 Å². The van der Waals surface area contributed by atoms with Crippen molar-refractivity contribution < 1.29 is 9.53 Å².